The standard InChI is InChI=1S/C11H19BrO/c12-7-11-6-10(8-13-11)9-4-2-1-3-5-9/h9-11H,1-8H2. The highest BCUT2D eigenvalue weighted by Crippen LogP contribution is 2.36. The van der Waals surface area contributed by atoms with Gasteiger partial charge in [-0.05, 0) is 18.3 Å². The highest BCUT2D eigenvalue weighted by molar-refractivity contribution is 9.09. The van der Waals surface area contributed by atoms with Crippen LogP contribution in [0.25, 0.3) is 0 Å². The van der Waals surface area contributed by atoms with E-state index in [9.17, 15) is 0 Å². The normalized spacial score (nSPS) is 36.7. The van der Waals surface area contributed by atoms with Gasteiger partial charge in [-0.15, -0.1) is 0 Å². The average Bonchev–Trinajstić information content (AvgIpc) is 2.67. The fourth-order valence-electron chi connectivity index (χ4n) is 2.78. The van der Waals surface area contributed by atoms with Crippen LogP contribution in [0.3, 0.4) is 0 Å². The maximum Gasteiger partial charge on any atom is 0.0675 e. The molecule has 13 heavy (non-hydrogen) atoms. The van der Waals surface area contributed by atoms with Crippen molar-refractivity contribution in [2.75, 3.05) is 11.9 Å². The summed E-state index contributed by atoms with van der Waals surface area (Å²) < 4.78 is 5.72. The van der Waals surface area contributed by atoms with Crippen LogP contribution in [0.5, 0.6) is 0 Å². The van der Waals surface area contributed by atoms with E-state index in [1.54, 1.807) is 0 Å². The zero-order valence-electron chi connectivity index (χ0n) is 8.18. The highest BCUT2D eigenvalue weighted by Gasteiger charge is 2.31. The molecule has 2 rings (SSSR count). The number of rotatable bonds is 2. The van der Waals surface area contributed by atoms with Crippen LogP contribution in [0.15, 0.2) is 0 Å². The lowest BCUT2D eigenvalue weighted by atomic mass is 9.79. The maximum atomic E-state index is 5.72. The molecule has 1 saturated carbocycles. The van der Waals surface area contributed by atoms with E-state index in [1.165, 1.54) is 38.5 Å². The van der Waals surface area contributed by atoms with Gasteiger partial charge in [-0.2, -0.15) is 0 Å². The molecule has 1 nitrogen and oxygen atoms in total. The Morgan fingerprint density at radius 3 is 2.46 bits per heavy atom. The number of alkyl halides is 1. The zero-order valence-corrected chi connectivity index (χ0v) is 9.76. The number of ether oxygens (including phenoxy) is 1. The maximum absolute atomic E-state index is 5.72. The first kappa shape index (κ1) is 9.97. The van der Waals surface area contributed by atoms with Gasteiger partial charge in [0.2, 0.25) is 0 Å². The van der Waals surface area contributed by atoms with Crippen molar-refractivity contribution < 1.29 is 4.74 Å². The summed E-state index contributed by atoms with van der Waals surface area (Å²) in [4.78, 5) is 0. The molecule has 0 N–H and O–H groups in total. The molecular weight excluding hydrogens is 228 g/mol. The van der Waals surface area contributed by atoms with Gasteiger partial charge >= 0.3 is 0 Å². The summed E-state index contributed by atoms with van der Waals surface area (Å²) in [5, 5.41) is 1.02. The van der Waals surface area contributed by atoms with Gasteiger partial charge in [0, 0.05) is 5.33 Å². The van der Waals surface area contributed by atoms with Crippen LogP contribution in [0.2, 0.25) is 0 Å². The summed E-state index contributed by atoms with van der Waals surface area (Å²) in [6.45, 7) is 1.03. The first-order valence-corrected chi connectivity index (χ1v) is 6.70. The molecule has 0 bridgehead atoms. The lowest BCUT2D eigenvalue weighted by molar-refractivity contribution is 0.115. The SMILES string of the molecule is BrCC1CC(C2CCCCC2)CO1. The van der Waals surface area contributed by atoms with Crippen molar-refractivity contribution in [3.05, 3.63) is 0 Å². The minimum Gasteiger partial charge on any atom is -0.377 e. The summed E-state index contributed by atoms with van der Waals surface area (Å²) >= 11 is 3.50. The van der Waals surface area contributed by atoms with Crippen molar-refractivity contribution >= 4 is 15.9 Å². The number of hydrogen-bond acceptors (Lipinski definition) is 1. The fourth-order valence-corrected chi connectivity index (χ4v) is 3.23. The van der Waals surface area contributed by atoms with Crippen LogP contribution in [0, 0.1) is 11.8 Å². The first-order valence-electron chi connectivity index (χ1n) is 5.57. The van der Waals surface area contributed by atoms with Gasteiger partial charge in [0.15, 0.2) is 0 Å². The Hall–Kier alpha value is 0.440. The Kier molecular flexibility index (Phi) is 3.67. The second-order valence-electron chi connectivity index (χ2n) is 4.50. The largest absolute Gasteiger partial charge is 0.377 e. The Balaban J connectivity index is 1.80. The molecule has 1 aliphatic carbocycles. The molecule has 0 amide bonds. The summed E-state index contributed by atoms with van der Waals surface area (Å²) in [7, 11) is 0. The summed E-state index contributed by atoms with van der Waals surface area (Å²) in [5.74, 6) is 1.86. The van der Waals surface area contributed by atoms with E-state index in [-0.39, 0.29) is 0 Å². The predicted molar refractivity (Wildman–Crippen MR) is 58.2 cm³/mol. The second kappa shape index (κ2) is 4.79. The molecule has 0 radical (unpaired) electrons. The lowest BCUT2D eigenvalue weighted by Gasteiger charge is -2.26. The van der Waals surface area contributed by atoms with Gasteiger partial charge < -0.3 is 4.74 Å². The van der Waals surface area contributed by atoms with Gasteiger partial charge in [0.05, 0.1) is 12.7 Å². The number of halogens is 1. The minimum absolute atomic E-state index is 0.506. The van der Waals surface area contributed by atoms with Gasteiger partial charge in [-0.25, -0.2) is 0 Å². The van der Waals surface area contributed by atoms with Crippen LogP contribution in [0.1, 0.15) is 38.5 Å². The molecule has 2 fully saturated rings. The first-order chi connectivity index (χ1) is 6.40. The summed E-state index contributed by atoms with van der Waals surface area (Å²) in [6, 6.07) is 0. The molecule has 2 atom stereocenters. The monoisotopic (exact) mass is 246 g/mol. The average molecular weight is 247 g/mol. The van der Waals surface area contributed by atoms with Crippen molar-refractivity contribution in [2.24, 2.45) is 11.8 Å². The van der Waals surface area contributed by atoms with Crippen molar-refractivity contribution in [2.45, 2.75) is 44.6 Å². The third kappa shape index (κ3) is 2.47. The predicted octanol–water partition coefficient (Wildman–Crippen LogP) is 3.37. The van der Waals surface area contributed by atoms with Crippen molar-refractivity contribution in [3.8, 4) is 0 Å². The van der Waals surface area contributed by atoms with E-state index in [0.29, 0.717) is 6.10 Å². The Labute approximate surface area is 89.4 Å². The smallest absolute Gasteiger partial charge is 0.0675 e. The van der Waals surface area contributed by atoms with Gasteiger partial charge in [-0.3, -0.25) is 0 Å². The van der Waals surface area contributed by atoms with Crippen LogP contribution in [-0.2, 0) is 4.74 Å². The van der Waals surface area contributed by atoms with Gasteiger partial charge in [0.1, 0.15) is 0 Å². The molecule has 1 aliphatic heterocycles. The van der Waals surface area contributed by atoms with E-state index in [4.69, 9.17) is 4.74 Å². The summed E-state index contributed by atoms with van der Waals surface area (Å²) in [5.41, 5.74) is 0. The molecule has 0 aromatic heterocycles. The quantitative estimate of drug-likeness (QED) is 0.680. The molecule has 1 saturated heterocycles. The van der Waals surface area contributed by atoms with Crippen LogP contribution < -0.4 is 0 Å². The van der Waals surface area contributed by atoms with Crippen LogP contribution in [-0.4, -0.2) is 18.0 Å². The Morgan fingerprint density at radius 1 is 1.08 bits per heavy atom. The molecular formula is C11H19BrO. The Bertz CT molecular complexity index is 154. The molecule has 0 aromatic rings. The van der Waals surface area contributed by atoms with Gasteiger partial charge in [0.25, 0.3) is 0 Å². The zero-order chi connectivity index (χ0) is 9.10. The fraction of sp³-hybridized carbons (Fsp3) is 1.00. The lowest BCUT2D eigenvalue weighted by Crippen LogP contribution is -2.18. The Morgan fingerprint density at radius 2 is 1.85 bits per heavy atom. The van der Waals surface area contributed by atoms with E-state index in [2.05, 4.69) is 15.9 Å². The third-order valence-electron chi connectivity index (χ3n) is 3.60. The third-order valence-corrected chi connectivity index (χ3v) is 4.32. The molecule has 76 valence electrons. The molecule has 2 aliphatic rings. The second-order valence-corrected chi connectivity index (χ2v) is 5.15. The van der Waals surface area contributed by atoms with Gasteiger partial charge in [-0.1, -0.05) is 48.0 Å². The molecule has 1 heterocycles. The van der Waals surface area contributed by atoms with Crippen molar-refractivity contribution in [1.82, 2.24) is 0 Å². The van der Waals surface area contributed by atoms with Crippen LogP contribution >= 0.6 is 15.9 Å². The minimum atomic E-state index is 0.506. The van der Waals surface area contributed by atoms with Crippen molar-refractivity contribution in [1.29, 1.82) is 0 Å². The molecule has 0 aromatic carbocycles. The highest BCUT2D eigenvalue weighted by atomic mass is 79.9. The summed E-state index contributed by atoms with van der Waals surface area (Å²) in [6.07, 6.45) is 9.11. The van der Waals surface area contributed by atoms with E-state index in [0.717, 1.165) is 23.8 Å². The molecule has 2 unspecified atom stereocenters. The number of hydrogen-bond donors (Lipinski definition) is 0. The van der Waals surface area contributed by atoms with E-state index in [1.807, 2.05) is 0 Å². The van der Waals surface area contributed by atoms with E-state index >= 15 is 0 Å². The molecule has 0 spiro atoms. The molecule has 2 heteroatoms. The van der Waals surface area contributed by atoms with Crippen LogP contribution in [0.4, 0.5) is 0 Å². The van der Waals surface area contributed by atoms with E-state index < -0.39 is 0 Å². The topological polar surface area (TPSA) is 9.23 Å². The van der Waals surface area contributed by atoms with Crippen molar-refractivity contribution in [3.63, 3.8) is 0 Å².